The van der Waals surface area contributed by atoms with Crippen LogP contribution in [-0.2, 0) is 6.54 Å². The van der Waals surface area contributed by atoms with Gasteiger partial charge in [-0.1, -0.05) is 49.4 Å². The van der Waals surface area contributed by atoms with Crippen LogP contribution in [0.5, 0.6) is 0 Å². The van der Waals surface area contributed by atoms with Gasteiger partial charge < -0.3 is 10.6 Å². The number of hydrogen-bond donors (Lipinski definition) is 1. The Hall–Kier alpha value is -1.59. The molecule has 30 heavy (non-hydrogen) atoms. The summed E-state index contributed by atoms with van der Waals surface area (Å²) in [7, 11) is 0. The Bertz CT molecular complexity index is 768. The first-order valence-corrected chi connectivity index (χ1v) is 10.4. The molecule has 1 heterocycles. The first-order valence-electron chi connectivity index (χ1n) is 10.4. The van der Waals surface area contributed by atoms with E-state index in [9.17, 15) is 4.79 Å². The molecule has 166 valence electrons. The second-order valence-corrected chi connectivity index (χ2v) is 8.08. The van der Waals surface area contributed by atoms with E-state index in [1.807, 2.05) is 23.1 Å². The summed E-state index contributed by atoms with van der Waals surface area (Å²) in [6, 6.07) is 19.1. The summed E-state index contributed by atoms with van der Waals surface area (Å²) < 4.78 is 0. The topological polar surface area (TPSA) is 49.6 Å². The molecular formula is C24H35Cl2N3O. The molecule has 2 atom stereocenters. The molecule has 2 aromatic carbocycles. The van der Waals surface area contributed by atoms with Gasteiger partial charge in [-0.05, 0) is 56.1 Å². The Balaban J connectivity index is 0.00000225. The van der Waals surface area contributed by atoms with Gasteiger partial charge in [0.15, 0.2) is 0 Å². The highest BCUT2D eigenvalue weighted by molar-refractivity contribution is 5.94. The lowest BCUT2D eigenvalue weighted by Crippen LogP contribution is -2.30. The van der Waals surface area contributed by atoms with E-state index in [2.05, 4.69) is 62.1 Å². The van der Waals surface area contributed by atoms with Crippen molar-refractivity contribution < 1.29 is 4.79 Å². The molecule has 0 saturated carbocycles. The molecular weight excluding hydrogens is 417 g/mol. The number of carbonyl (C=O) groups excluding carboxylic acids is 1. The summed E-state index contributed by atoms with van der Waals surface area (Å²) in [5.41, 5.74) is 9.31. The molecule has 0 unspecified atom stereocenters. The fourth-order valence-corrected chi connectivity index (χ4v) is 4.18. The van der Waals surface area contributed by atoms with Crippen molar-refractivity contribution in [2.45, 2.75) is 39.3 Å². The molecule has 0 bridgehead atoms. The summed E-state index contributed by atoms with van der Waals surface area (Å²) >= 11 is 0. The molecule has 2 aromatic rings. The molecule has 1 saturated heterocycles. The molecule has 1 amide bonds. The fourth-order valence-electron chi connectivity index (χ4n) is 4.18. The molecule has 0 aromatic heterocycles. The van der Waals surface area contributed by atoms with Crippen LogP contribution >= 0.6 is 24.8 Å². The maximum atomic E-state index is 13.1. The summed E-state index contributed by atoms with van der Waals surface area (Å²) in [6.07, 6.45) is 0. The molecule has 3 rings (SSSR count). The summed E-state index contributed by atoms with van der Waals surface area (Å²) in [5.74, 6) is 0.744. The van der Waals surface area contributed by atoms with Crippen LogP contribution in [0.3, 0.4) is 0 Å². The molecule has 1 fully saturated rings. The molecule has 6 heteroatoms. The number of nitrogens with zero attached hydrogens (tertiary/aromatic N) is 2. The maximum absolute atomic E-state index is 13.1. The average Bonchev–Trinajstić information content (AvgIpc) is 3.17. The van der Waals surface area contributed by atoms with Crippen LogP contribution in [-0.4, -0.2) is 47.9 Å². The van der Waals surface area contributed by atoms with E-state index >= 15 is 0 Å². The van der Waals surface area contributed by atoms with Crippen molar-refractivity contribution in [2.24, 2.45) is 11.7 Å². The second-order valence-electron chi connectivity index (χ2n) is 8.08. The number of nitrogens with two attached hydrogens (primary N) is 1. The van der Waals surface area contributed by atoms with Crippen molar-refractivity contribution in [3.8, 4) is 0 Å². The summed E-state index contributed by atoms with van der Waals surface area (Å²) in [6.45, 7) is 10.6. The van der Waals surface area contributed by atoms with Gasteiger partial charge in [0.1, 0.15) is 0 Å². The van der Waals surface area contributed by atoms with Crippen molar-refractivity contribution >= 4 is 30.7 Å². The van der Waals surface area contributed by atoms with E-state index in [1.165, 1.54) is 11.1 Å². The fraction of sp³-hybridized carbons (Fsp3) is 0.458. The number of rotatable bonds is 7. The Morgan fingerprint density at radius 2 is 1.70 bits per heavy atom. The second kappa shape index (κ2) is 12.3. The van der Waals surface area contributed by atoms with Crippen molar-refractivity contribution in [3.63, 3.8) is 0 Å². The molecule has 0 aliphatic carbocycles. The SMILES string of the molecule is CCN(Cc1ccc(C(=O)N2C[C@@H](CN)[C@H](c3ccccc3)C2)cc1)C(C)C.Cl.Cl. The zero-order valence-corrected chi connectivity index (χ0v) is 19.8. The first kappa shape index (κ1) is 26.4. The Morgan fingerprint density at radius 1 is 1.07 bits per heavy atom. The number of hydrogen-bond acceptors (Lipinski definition) is 3. The van der Waals surface area contributed by atoms with E-state index in [1.54, 1.807) is 0 Å². The van der Waals surface area contributed by atoms with E-state index in [0.717, 1.165) is 31.7 Å². The molecule has 0 radical (unpaired) electrons. The zero-order chi connectivity index (χ0) is 20.1. The first-order chi connectivity index (χ1) is 13.5. The Morgan fingerprint density at radius 3 is 2.23 bits per heavy atom. The number of amides is 1. The van der Waals surface area contributed by atoms with Gasteiger partial charge >= 0.3 is 0 Å². The molecule has 1 aliphatic rings. The van der Waals surface area contributed by atoms with E-state index in [-0.39, 0.29) is 30.7 Å². The Labute approximate surface area is 193 Å². The van der Waals surface area contributed by atoms with Gasteiger partial charge in [-0.25, -0.2) is 0 Å². The Kier molecular flexibility index (Phi) is 10.9. The quantitative estimate of drug-likeness (QED) is 0.669. The van der Waals surface area contributed by atoms with Crippen molar-refractivity contribution in [1.82, 2.24) is 9.80 Å². The minimum absolute atomic E-state index is 0. The van der Waals surface area contributed by atoms with E-state index in [0.29, 0.717) is 24.4 Å². The van der Waals surface area contributed by atoms with Gasteiger partial charge in [0, 0.05) is 37.2 Å². The predicted molar refractivity (Wildman–Crippen MR) is 130 cm³/mol. The maximum Gasteiger partial charge on any atom is 0.253 e. The lowest BCUT2D eigenvalue weighted by Gasteiger charge is -2.25. The number of likely N-dealkylation sites (tertiary alicyclic amines) is 1. The average molecular weight is 452 g/mol. The van der Waals surface area contributed by atoms with Crippen LogP contribution in [0.1, 0.15) is 48.2 Å². The van der Waals surface area contributed by atoms with Crippen molar-refractivity contribution in [1.29, 1.82) is 0 Å². The van der Waals surface area contributed by atoms with Gasteiger partial charge in [-0.3, -0.25) is 9.69 Å². The highest BCUT2D eigenvalue weighted by Gasteiger charge is 2.35. The number of benzene rings is 2. The van der Waals surface area contributed by atoms with Crippen LogP contribution in [0.15, 0.2) is 54.6 Å². The van der Waals surface area contributed by atoms with Crippen LogP contribution in [0.4, 0.5) is 0 Å². The smallest absolute Gasteiger partial charge is 0.253 e. The van der Waals surface area contributed by atoms with E-state index < -0.39 is 0 Å². The molecule has 4 nitrogen and oxygen atoms in total. The monoisotopic (exact) mass is 451 g/mol. The van der Waals surface area contributed by atoms with Crippen LogP contribution < -0.4 is 5.73 Å². The van der Waals surface area contributed by atoms with Gasteiger partial charge in [0.25, 0.3) is 5.91 Å². The molecule has 2 N–H and O–H groups in total. The largest absolute Gasteiger partial charge is 0.338 e. The molecule has 0 spiro atoms. The van der Waals surface area contributed by atoms with Gasteiger partial charge in [0.05, 0.1) is 0 Å². The summed E-state index contributed by atoms with van der Waals surface area (Å²) in [5, 5.41) is 0. The van der Waals surface area contributed by atoms with Gasteiger partial charge in [-0.2, -0.15) is 0 Å². The van der Waals surface area contributed by atoms with Gasteiger partial charge in [0.2, 0.25) is 0 Å². The standard InChI is InChI=1S/C24H33N3O.2ClH/c1-4-26(18(2)3)15-19-10-12-21(13-11-19)24(28)27-16-22(14-25)23(17-27)20-8-6-5-7-9-20;;/h5-13,18,22-23H,4,14-17,25H2,1-3H3;2*1H/t22-,23+;;/m1../s1. The predicted octanol–water partition coefficient (Wildman–Crippen LogP) is 4.58. The summed E-state index contributed by atoms with van der Waals surface area (Å²) in [4.78, 5) is 17.4. The zero-order valence-electron chi connectivity index (χ0n) is 18.2. The number of carbonyl (C=O) groups is 1. The van der Waals surface area contributed by atoms with Crippen molar-refractivity contribution in [3.05, 3.63) is 71.3 Å². The van der Waals surface area contributed by atoms with Crippen molar-refractivity contribution in [2.75, 3.05) is 26.2 Å². The van der Waals surface area contributed by atoms with Crippen LogP contribution in [0.2, 0.25) is 0 Å². The molecule has 1 aliphatic heterocycles. The third-order valence-electron chi connectivity index (χ3n) is 5.98. The normalized spacial score (nSPS) is 18.3. The third kappa shape index (κ3) is 6.21. The highest BCUT2D eigenvalue weighted by Crippen LogP contribution is 2.32. The van der Waals surface area contributed by atoms with Gasteiger partial charge in [-0.15, -0.1) is 24.8 Å². The van der Waals surface area contributed by atoms with Crippen LogP contribution in [0, 0.1) is 5.92 Å². The minimum Gasteiger partial charge on any atom is -0.338 e. The van der Waals surface area contributed by atoms with E-state index in [4.69, 9.17) is 5.73 Å². The number of halogens is 2. The highest BCUT2D eigenvalue weighted by atomic mass is 35.5. The lowest BCUT2D eigenvalue weighted by atomic mass is 9.89. The minimum atomic E-state index is 0. The third-order valence-corrected chi connectivity index (χ3v) is 5.98. The van der Waals surface area contributed by atoms with Crippen LogP contribution in [0.25, 0.3) is 0 Å². The lowest BCUT2D eigenvalue weighted by molar-refractivity contribution is 0.0786.